The predicted octanol–water partition coefficient (Wildman–Crippen LogP) is 8.06. The van der Waals surface area contributed by atoms with Crippen LogP contribution in [0.3, 0.4) is 0 Å². The summed E-state index contributed by atoms with van der Waals surface area (Å²) in [7, 11) is 1.66. The summed E-state index contributed by atoms with van der Waals surface area (Å²) in [6, 6.07) is 3.68. The average molecular weight is 581 g/mol. The first-order valence-corrected chi connectivity index (χ1v) is 16.0. The number of hydrogen-bond acceptors (Lipinski definition) is 7. The van der Waals surface area contributed by atoms with Crippen molar-refractivity contribution in [1.82, 2.24) is 0 Å². The van der Waals surface area contributed by atoms with Gasteiger partial charge in [-0.2, -0.15) is 5.10 Å². The monoisotopic (exact) mass is 580 g/mol. The maximum Gasteiger partial charge on any atom is 0.301 e. The van der Waals surface area contributed by atoms with Crippen molar-refractivity contribution in [2.75, 3.05) is 12.1 Å². The van der Waals surface area contributed by atoms with Crippen LogP contribution in [0.15, 0.2) is 34.4 Å². The number of unbranched alkanes of at least 4 members (excludes halogenated alkanes) is 1. The second-order valence-corrected chi connectivity index (χ2v) is 14.4. The van der Waals surface area contributed by atoms with Crippen LogP contribution < -0.4 is 5.01 Å². The fourth-order valence-corrected chi connectivity index (χ4v) is 9.48. The minimum Gasteiger partial charge on any atom is -0.393 e. The van der Waals surface area contributed by atoms with Gasteiger partial charge in [-0.3, -0.25) is 25.2 Å². The highest BCUT2D eigenvalue weighted by Crippen LogP contribution is 2.69. The van der Waals surface area contributed by atoms with Gasteiger partial charge >= 0.3 is 5.69 Å². The summed E-state index contributed by atoms with van der Waals surface area (Å²) in [5, 5.41) is 40.0. The van der Waals surface area contributed by atoms with Crippen molar-refractivity contribution in [3.63, 3.8) is 0 Å². The molecule has 4 aliphatic rings. The molecule has 1 aromatic carbocycles. The number of nitro benzene ring substituents is 2. The van der Waals surface area contributed by atoms with Gasteiger partial charge in [-0.1, -0.05) is 52.5 Å². The summed E-state index contributed by atoms with van der Waals surface area (Å²) in [5.74, 6) is 2.96. The minimum absolute atomic E-state index is 0.0415. The van der Waals surface area contributed by atoms with Crippen molar-refractivity contribution < 1.29 is 15.0 Å². The summed E-state index contributed by atoms with van der Waals surface area (Å²) in [5.41, 5.74) is 2.45. The molecule has 9 nitrogen and oxygen atoms in total. The molecule has 5 rings (SSSR count). The summed E-state index contributed by atoms with van der Waals surface area (Å²) in [4.78, 5) is 21.8. The highest BCUT2D eigenvalue weighted by atomic mass is 16.6. The molecule has 0 heterocycles. The van der Waals surface area contributed by atoms with Gasteiger partial charge in [0.25, 0.3) is 5.69 Å². The quantitative estimate of drug-likeness (QED) is 0.129. The molecule has 7 atom stereocenters. The number of nitro groups is 2. The molecule has 230 valence electrons. The van der Waals surface area contributed by atoms with Gasteiger partial charge in [-0.05, 0) is 103 Å². The Labute approximate surface area is 249 Å². The SMILES string of the molecule is CC(C)CCCC[C@H]1CCC2C3C(/C=N/N(C)c4ccc([N+](=O)[O-])cc4[N+](=O)[O-])=C4C[C@@H](O)CC[C@]4(C)C3CC[C@@]21C. The van der Waals surface area contributed by atoms with Crippen molar-refractivity contribution >= 4 is 23.3 Å². The fourth-order valence-electron chi connectivity index (χ4n) is 9.48. The standard InChI is InChI=1S/C33H48N4O5/c1-21(2)8-6-7-9-22-10-12-26-31-25(20-34-35(5)29-13-11-23(36(39)40)18-30(29)37(41)42)28-19-24(38)14-16-33(28,4)27(31)15-17-32(22,26)3/h11,13,18,20-22,24,26-27,31,38H,6-10,12,14-17,19H2,1-5H3/b34-20+/t22-,24-,26?,27?,31?,32+,33+/m0/s1. The second kappa shape index (κ2) is 11.7. The molecule has 4 aliphatic carbocycles. The van der Waals surface area contributed by atoms with Gasteiger partial charge < -0.3 is 5.11 Å². The highest BCUT2D eigenvalue weighted by Gasteiger charge is 2.61. The van der Waals surface area contributed by atoms with Gasteiger partial charge in [0, 0.05) is 13.1 Å². The molecule has 0 spiro atoms. The molecule has 42 heavy (non-hydrogen) atoms. The lowest BCUT2D eigenvalue weighted by molar-refractivity contribution is -0.393. The Hall–Kier alpha value is -2.81. The van der Waals surface area contributed by atoms with E-state index in [-0.39, 0.29) is 28.6 Å². The molecule has 0 bridgehead atoms. The second-order valence-electron chi connectivity index (χ2n) is 14.4. The van der Waals surface area contributed by atoms with Crippen LogP contribution in [-0.4, -0.2) is 34.3 Å². The molecule has 0 saturated heterocycles. The lowest BCUT2D eigenvalue weighted by Gasteiger charge is -2.51. The van der Waals surface area contributed by atoms with Gasteiger partial charge in [-0.25, -0.2) is 0 Å². The first kappa shape index (κ1) is 30.6. The minimum atomic E-state index is -0.625. The molecule has 0 aromatic heterocycles. The molecule has 1 aromatic rings. The first-order valence-electron chi connectivity index (χ1n) is 16.0. The summed E-state index contributed by atoms with van der Waals surface area (Å²) >= 11 is 0. The van der Waals surface area contributed by atoms with E-state index in [9.17, 15) is 25.3 Å². The van der Waals surface area contributed by atoms with E-state index in [0.717, 1.165) is 30.7 Å². The number of rotatable bonds is 10. The number of non-ortho nitro benzene ring substituents is 1. The third-order valence-electron chi connectivity index (χ3n) is 11.8. The third kappa shape index (κ3) is 5.38. The van der Waals surface area contributed by atoms with Crippen LogP contribution in [0.25, 0.3) is 0 Å². The topological polar surface area (TPSA) is 122 Å². The zero-order valence-corrected chi connectivity index (χ0v) is 25.9. The van der Waals surface area contributed by atoms with Crippen LogP contribution in [0.5, 0.6) is 0 Å². The van der Waals surface area contributed by atoms with Crippen LogP contribution >= 0.6 is 0 Å². The zero-order chi connectivity index (χ0) is 30.4. The van der Waals surface area contributed by atoms with Gasteiger partial charge in [0.2, 0.25) is 0 Å². The van der Waals surface area contributed by atoms with E-state index >= 15 is 0 Å². The number of anilines is 1. The number of allylic oxidation sites excluding steroid dienone is 1. The Kier molecular flexibility index (Phi) is 8.54. The summed E-state index contributed by atoms with van der Waals surface area (Å²) in [6.07, 6.45) is 14.2. The molecular weight excluding hydrogens is 532 g/mol. The normalized spacial score (nSPS) is 34.0. The van der Waals surface area contributed by atoms with E-state index < -0.39 is 9.85 Å². The first-order chi connectivity index (χ1) is 19.9. The van der Waals surface area contributed by atoms with Crippen molar-refractivity contribution in [3.05, 3.63) is 49.6 Å². The van der Waals surface area contributed by atoms with E-state index in [1.54, 1.807) is 7.05 Å². The molecule has 3 saturated carbocycles. The summed E-state index contributed by atoms with van der Waals surface area (Å²) in [6.45, 7) is 9.55. The Balaban J connectivity index is 1.46. The maximum atomic E-state index is 11.8. The predicted molar refractivity (Wildman–Crippen MR) is 165 cm³/mol. The van der Waals surface area contributed by atoms with Gasteiger partial charge in [0.05, 0.1) is 28.2 Å². The Morgan fingerprint density at radius 2 is 1.83 bits per heavy atom. The van der Waals surface area contributed by atoms with Crippen LogP contribution in [-0.2, 0) is 0 Å². The van der Waals surface area contributed by atoms with E-state index in [4.69, 9.17) is 5.10 Å². The fraction of sp³-hybridized carbons (Fsp3) is 0.727. The third-order valence-corrected chi connectivity index (χ3v) is 11.8. The van der Waals surface area contributed by atoms with E-state index in [1.165, 1.54) is 79.7 Å². The molecule has 3 fully saturated rings. The van der Waals surface area contributed by atoms with Crippen LogP contribution in [0.1, 0.15) is 98.3 Å². The number of aliphatic hydroxyl groups is 1. The number of benzene rings is 1. The molecule has 9 heteroatoms. The number of aliphatic hydroxyl groups excluding tert-OH is 1. The maximum absolute atomic E-state index is 11.8. The van der Waals surface area contributed by atoms with Crippen molar-refractivity contribution in [2.45, 2.75) is 104 Å². The zero-order valence-electron chi connectivity index (χ0n) is 25.9. The number of nitrogens with zero attached hydrogens (tertiary/aromatic N) is 4. The molecule has 0 aliphatic heterocycles. The van der Waals surface area contributed by atoms with E-state index in [0.29, 0.717) is 29.6 Å². The van der Waals surface area contributed by atoms with Crippen LogP contribution in [0, 0.1) is 60.6 Å². The Morgan fingerprint density at radius 3 is 2.52 bits per heavy atom. The highest BCUT2D eigenvalue weighted by molar-refractivity contribution is 5.84. The van der Waals surface area contributed by atoms with Crippen molar-refractivity contribution in [2.24, 2.45) is 45.5 Å². The Morgan fingerprint density at radius 1 is 1.07 bits per heavy atom. The van der Waals surface area contributed by atoms with Gasteiger partial charge in [-0.15, -0.1) is 0 Å². The number of hydrogen-bond donors (Lipinski definition) is 1. The van der Waals surface area contributed by atoms with E-state index in [2.05, 4.69) is 27.7 Å². The smallest absolute Gasteiger partial charge is 0.301 e. The Bertz CT molecular complexity index is 1280. The van der Waals surface area contributed by atoms with Gasteiger partial charge in [0.1, 0.15) is 5.69 Å². The largest absolute Gasteiger partial charge is 0.393 e. The average Bonchev–Trinajstić information content (AvgIpc) is 3.40. The van der Waals surface area contributed by atoms with Crippen LogP contribution in [0.4, 0.5) is 17.1 Å². The number of fused-ring (bicyclic) bond motifs is 5. The van der Waals surface area contributed by atoms with Gasteiger partial charge in [0.15, 0.2) is 0 Å². The lowest BCUT2D eigenvalue weighted by Crippen LogP contribution is -2.44. The molecular formula is C33H48N4O5. The van der Waals surface area contributed by atoms with Crippen LogP contribution in [0.2, 0.25) is 0 Å². The lowest BCUT2D eigenvalue weighted by atomic mass is 9.53. The molecule has 0 radical (unpaired) electrons. The van der Waals surface area contributed by atoms with E-state index in [1.807, 2.05) is 6.21 Å². The molecule has 1 N–H and O–H groups in total. The summed E-state index contributed by atoms with van der Waals surface area (Å²) < 4.78 is 0. The molecule has 3 unspecified atom stereocenters. The van der Waals surface area contributed by atoms with Crippen molar-refractivity contribution in [1.29, 1.82) is 0 Å². The molecule has 0 amide bonds. The number of hydrazone groups is 1. The van der Waals surface area contributed by atoms with Crippen molar-refractivity contribution in [3.8, 4) is 0 Å².